The quantitative estimate of drug-likeness (QED) is 0.807. The number of rotatable bonds is 8. The molecule has 2 heterocycles. The number of aromatic nitrogens is 2. The van der Waals surface area contributed by atoms with Gasteiger partial charge >= 0.3 is 0 Å². The van der Waals surface area contributed by atoms with E-state index in [1.165, 1.54) is 23.6 Å². The summed E-state index contributed by atoms with van der Waals surface area (Å²) in [5.41, 5.74) is 1.20. The molecule has 0 spiro atoms. The van der Waals surface area contributed by atoms with Crippen LogP contribution in [0.2, 0.25) is 0 Å². The third kappa shape index (κ3) is 3.73. The van der Waals surface area contributed by atoms with Crippen molar-refractivity contribution in [2.24, 2.45) is 0 Å². The average molecular weight is 283 g/mol. The molecule has 0 aliphatic rings. The van der Waals surface area contributed by atoms with Gasteiger partial charge in [-0.2, -0.15) is 11.8 Å². The van der Waals surface area contributed by atoms with E-state index in [1.54, 1.807) is 11.3 Å². The largest absolute Gasteiger partial charge is 0.313 e. The third-order valence-corrected chi connectivity index (χ3v) is 4.62. The molecule has 2 aromatic rings. The Morgan fingerprint density at radius 2 is 2.39 bits per heavy atom. The van der Waals surface area contributed by atoms with Crippen LogP contribution in [0.15, 0.2) is 17.8 Å². The van der Waals surface area contributed by atoms with Crippen LogP contribution in [0.4, 0.5) is 0 Å². The number of fused-ring (bicyclic) bond motifs is 1. The van der Waals surface area contributed by atoms with Crippen molar-refractivity contribution >= 4 is 28.1 Å². The Balaban J connectivity index is 1.95. The number of nitrogens with zero attached hydrogens (tertiary/aromatic N) is 2. The van der Waals surface area contributed by atoms with Crippen molar-refractivity contribution in [1.29, 1.82) is 0 Å². The van der Waals surface area contributed by atoms with Crippen molar-refractivity contribution in [2.45, 2.75) is 32.7 Å². The van der Waals surface area contributed by atoms with Gasteiger partial charge in [0.15, 0.2) is 4.96 Å². The van der Waals surface area contributed by atoms with Crippen LogP contribution in [-0.4, -0.2) is 33.5 Å². The van der Waals surface area contributed by atoms with Gasteiger partial charge in [0.25, 0.3) is 0 Å². The number of thiazole rings is 1. The van der Waals surface area contributed by atoms with Crippen molar-refractivity contribution < 1.29 is 0 Å². The van der Waals surface area contributed by atoms with Crippen LogP contribution in [0.3, 0.4) is 0 Å². The van der Waals surface area contributed by atoms with E-state index in [1.807, 2.05) is 11.8 Å². The molecule has 0 radical (unpaired) electrons. The summed E-state index contributed by atoms with van der Waals surface area (Å²) in [6, 6.07) is 0.541. The van der Waals surface area contributed by atoms with Crippen LogP contribution in [0.1, 0.15) is 26.0 Å². The third-order valence-electron chi connectivity index (χ3n) is 2.80. The molecule has 1 atom stereocenters. The van der Waals surface area contributed by atoms with Crippen LogP contribution >= 0.6 is 23.1 Å². The molecule has 1 N–H and O–H groups in total. The summed E-state index contributed by atoms with van der Waals surface area (Å²) in [6.45, 7) is 5.52. The molecule has 0 aliphatic heterocycles. The summed E-state index contributed by atoms with van der Waals surface area (Å²) >= 11 is 3.70. The molecule has 0 fully saturated rings. The zero-order chi connectivity index (χ0) is 12.8. The molecular formula is C13H21N3S2. The van der Waals surface area contributed by atoms with Crippen LogP contribution < -0.4 is 5.32 Å². The molecule has 0 saturated heterocycles. The van der Waals surface area contributed by atoms with Gasteiger partial charge in [-0.05, 0) is 18.7 Å². The van der Waals surface area contributed by atoms with Gasteiger partial charge in [-0.3, -0.25) is 4.40 Å². The fraction of sp³-hybridized carbons (Fsp3) is 0.615. The van der Waals surface area contributed by atoms with E-state index in [0.717, 1.165) is 17.9 Å². The molecule has 0 amide bonds. The fourth-order valence-electron chi connectivity index (χ4n) is 1.93. The van der Waals surface area contributed by atoms with Gasteiger partial charge in [-0.25, -0.2) is 4.98 Å². The minimum Gasteiger partial charge on any atom is -0.313 e. The van der Waals surface area contributed by atoms with Crippen molar-refractivity contribution in [2.75, 3.05) is 18.1 Å². The number of imidazole rings is 1. The molecule has 3 nitrogen and oxygen atoms in total. The molecule has 0 bridgehead atoms. The highest BCUT2D eigenvalue weighted by molar-refractivity contribution is 7.99. The van der Waals surface area contributed by atoms with Gasteiger partial charge in [-0.1, -0.05) is 13.8 Å². The predicted molar refractivity (Wildman–Crippen MR) is 81.9 cm³/mol. The number of nitrogens with one attached hydrogen (secondary N) is 1. The summed E-state index contributed by atoms with van der Waals surface area (Å²) < 4.78 is 2.11. The standard InChI is InChI=1S/C13H21N3S2/c1-3-5-14-12(10-17-4-2)8-11-9-16-6-7-18-13(16)15-11/h6-7,9,12,14H,3-5,8,10H2,1-2H3. The monoisotopic (exact) mass is 283 g/mol. The molecule has 100 valence electrons. The number of hydrogen-bond donors (Lipinski definition) is 1. The first kappa shape index (κ1) is 13.9. The second-order valence-corrected chi connectivity index (χ2v) is 6.53. The molecule has 0 aromatic carbocycles. The zero-order valence-corrected chi connectivity index (χ0v) is 12.7. The van der Waals surface area contributed by atoms with Crippen molar-refractivity contribution in [3.63, 3.8) is 0 Å². The maximum atomic E-state index is 4.66. The summed E-state index contributed by atoms with van der Waals surface area (Å²) in [4.78, 5) is 5.76. The lowest BCUT2D eigenvalue weighted by molar-refractivity contribution is 0.546. The Morgan fingerprint density at radius 1 is 1.50 bits per heavy atom. The van der Waals surface area contributed by atoms with Crippen molar-refractivity contribution in [1.82, 2.24) is 14.7 Å². The normalized spacial score (nSPS) is 13.2. The molecule has 2 rings (SSSR count). The van der Waals surface area contributed by atoms with Gasteiger partial charge in [0.1, 0.15) is 0 Å². The van der Waals surface area contributed by atoms with E-state index in [0.29, 0.717) is 6.04 Å². The molecular weight excluding hydrogens is 262 g/mol. The highest BCUT2D eigenvalue weighted by Crippen LogP contribution is 2.14. The van der Waals surface area contributed by atoms with E-state index in [4.69, 9.17) is 0 Å². The van der Waals surface area contributed by atoms with Crippen molar-refractivity contribution in [3.8, 4) is 0 Å². The van der Waals surface area contributed by atoms with E-state index in [9.17, 15) is 0 Å². The lowest BCUT2D eigenvalue weighted by Crippen LogP contribution is -2.34. The lowest BCUT2D eigenvalue weighted by Gasteiger charge is -2.16. The smallest absolute Gasteiger partial charge is 0.193 e. The molecule has 0 aliphatic carbocycles. The highest BCUT2D eigenvalue weighted by Gasteiger charge is 2.11. The van der Waals surface area contributed by atoms with Crippen molar-refractivity contribution in [3.05, 3.63) is 23.5 Å². The van der Waals surface area contributed by atoms with Crippen LogP contribution in [0, 0.1) is 0 Å². The first-order valence-electron chi connectivity index (χ1n) is 6.55. The maximum absolute atomic E-state index is 4.66. The first-order valence-corrected chi connectivity index (χ1v) is 8.59. The highest BCUT2D eigenvalue weighted by atomic mass is 32.2. The Labute approximate surface area is 117 Å². The molecule has 1 unspecified atom stereocenters. The second-order valence-electron chi connectivity index (χ2n) is 4.34. The topological polar surface area (TPSA) is 29.3 Å². The minimum absolute atomic E-state index is 0.541. The van der Waals surface area contributed by atoms with E-state index >= 15 is 0 Å². The Kier molecular flexibility index (Phi) is 5.53. The zero-order valence-electron chi connectivity index (χ0n) is 11.1. The molecule has 18 heavy (non-hydrogen) atoms. The summed E-state index contributed by atoms with van der Waals surface area (Å²) in [6.07, 6.45) is 6.45. The van der Waals surface area contributed by atoms with E-state index in [2.05, 4.69) is 46.3 Å². The summed E-state index contributed by atoms with van der Waals surface area (Å²) in [5.74, 6) is 2.35. The number of hydrogen-bond acceptors (Lipinski definition) is 4. The Morgan fingerprint density at radius 3 is 3.11 bits per heavy atom. The van der Waals surface area contributed by atoms with Crippen LogP contribution in [0.25, 0.3) is 4.96 Å². The van der Waals surface area contributed by atoms with E-state index < -0.39 is 0 Å². The average Bonchev–Trinajstić information content (AvgIpc) is 2.93. The van der Waals surface area contributed by atoms with Gasteiger partial charge < -0.3 is 5.32 Å². The molecule has 5 heteroatoms. The Bertz CT molecular complexity index is 427. The predicted octanol–water partition coefficient (Wildman–Crippen LogP) is 3.06. The number of thioether (sulfide) groups is 1. The summed E-state index contributed by atoms with van der Waals surface area (Å²) in [5, 5.41) is 5.70. The lowest BCUT2D eigenvalue weighted by atomic mass is 10.2. The first-order chi connectivity index (χ1) is 8.83. The maximum Gasteiger partial charge on any atom is 0.193 e. The van der Waals surface area contributed by atoms with Crippen LogP contribution in [-0.2, 0) is 6.42 Å². The van der Waals surface area contributed by atoms with E-state index in [-0.39, 0.29) is 0 Å². The molecule has 0 saturated carbocycles. The second kappa shape index (κ2) is 7.16. The fourth-order valence-corrected chi connectivity index (χ4v) is 3.40. The van der Waals surface area contributed by atoms with Gasteiger partial charge in [0.2, 0.25) is 0 Å². The van der Waals surface area contributed by atoms with Gasteiger partial charge in [0.05, 0.1) is 5.69 Å². The summed E-state index contributed by atoms with van der Waals surface area (Å²) in [7, 11) is 0. The minimum atomic E-state index is 0.541. The van der Waals surface area contributed by atoms with Gasteiger partial charge in [-0.15, -0.1) is 11.3 Å². The Hall–Kier alpha value is -0.520. The molecule has 2 aromatic heterocycles. The van der Waals surface area contributed by atoms with Crippen LogP contribution in [0.5, 0.6) is 0 Å². The van der Waals surface area contributed by atoms with Gasteiger partial charge in [0, 0.05) is 36.0 Å². The SMILES string of the molecule is CCCNC(CSCC)Cc1cn2ccsc2n1.